The second kappa shape index (κ2) is 16.3. The van der Waals surface area contributed by atoms with Gasteiger partial charge in [-0.25, -0.2) is 0 Å². The summed E-state index contributed by atoms with van der Waals surface area (Å²) in [5, 5.41) is 0. The van der Waals surface area contributed by atoms with Gasteiger partial charge in [-0.15, -0.1) is 58.7 Å². The van der Waals surface area contributed by atoms with E-state index >= 15 is 0 Å². The Balaban J connectivity index is 0.000000529. The van der Waals surface area contributed by atoms with Crippen molar-refractivity contribution in [2.24, 2.45) is 0 Å². The zero-order valence-corrected chi connectivity index (χ0v) is 22.3. The summed E-state index contributed by atoms with van der Waals surface area (Å²) in [6.07, 6.45) is 4.75. The normalized spacial score (nSPS) is 9.35. The molecule has 0 amide bonds. The zero-order chi connectivity index (χ0) is 19.6. The fourth-order valence-corrected chi connectivity index (χ4v) is 3.69. The summed E-state index contributed by atoms with van der Waals surface area (Å²) >= 11 is 0. The van der Waals surface area contributed by atoms with Gasteiger partial charge in [-0.05, 0) is 0 Å². The van der Waals surface area contributed by atoms with Crippen LogP contribution >= 0.6 is 0 Å². The van der Waals surface area contributed by atoms with E-state index in [1.165, 1.54) is 59.1 Å². The predicted molar refractivity (Wildman–Crippen MR) is 123 cm³/mol. The Morgan fingerprint density at radius 3 is 1.16 bits per heavy atom. The molecule has 160 valence electrons. The molecule has 4 aromatic carbocycles. The van der Waals surface area contributed by atoms with Crippen LogP contribution in [-0.2, 0) is 39.0 Å². The molecular formula is C28H30Cl2Zr. The number of hydrogen-bond acceptors (Lipinski definition) is 0. The molecule has 0 aliphatic heterocycles. The van der Waals surface area contributed by atoms with Crippen LogP contribution in [0, 0.1) is 0 Å². The fraction of sp³-hybridized carbons (Fsp3) is 0.214. The first-order valence-corrected chi connectivity index (χ1v) is 10.4. The summed E-state index contributed by atoms with van der Waals surface area (Å²) in [6.45, 7) is 4.45. The molecule has 0 aliphatic carbocycles. The smallest absolute Gasteiger partial charge is 1.00 e. The van der Waals surface area contributed by atoms with Gasteiger partial charge in [0.15, 0.2) is 0 Å². The van der Waals surface area contributed by atoms with Crippen LogP contribution in [0.25, 0.3) is 22.3 Å². The van der Waals surface area contributed by atoms with Crippen molar-refractivity contribution >= 4 is 0 Å². The summed E-state index contributed by atoms with van der Waals surface area (Å²) in [5.41, 5.74) is 8.38. The maximum atomic E-state index is 2.23. The second-order valence-corrected chi connectivity index (χ2v) is 7.16. The quantitative estimate of drug-likeness (QED) is 0.336. The van der Waals surface area contributed by atoms with Crippen molar-refractivity contribution in [1.29, 1.82) is 0 Å². The van der Waals surface area contributed by atoms with Gasteiger partial charge >= 0.3 is 26.2 Å². The molecule has 0 aliphatic rings. The molecule has 0 N–H and O–H groups in total. The van der Waals surface area contributed by atoms with Gasteiger partial charge in [-0.1, -0.05) is 87.1 Å². The van der Waals surface area contributed by atoms with Crippen LogP contribution < -0.4 is 24.8 Å². The standard InChI is InChI=1S/2C14H15.2ClH.Zr/c2*1-2-7-12-8-5-6-11-14(12)13-9-3-4-10-13;;;/h2*3-6,8-11H,2,7H2,1H3;2*1H;/q2*-1;;;+4/p-2. The minimum atomic E-state index is 0. The average Bonchev–Trinajstić information content (AvgIpc) is 3.44. The molecule has 0 bridgehead atoms. The fourth-order valence-electron chi connectivity index (χ4n) is 3.69. The molecule has 0 heterocycles. The Morgan fingerprint density at radius 2 is 0.839 bits per heavy atom. The van der Waals surface area contributed by atoms with Crippen LogP contribution in [-0.4, -0.2) is 0 Å². The van der Waals surface area contributed by atoms with Crippen LogP contribution in [0.5, 0.6) is 0 Å². The molecule has 0 atom stereocenters. The number of rotatable bonds is 6. The largest absolute Gasteiger partial charge is 4.00 e. The monoisotopic (exact) mass is 526 g/mol. The van der Waals surface area contributed by atoms with Crippen molar-refractivity contribution < 1.29 is 51.0 Å². The van der Waals surface area contributed by atoms with Gasteiger partial charge in [0.05, 0.1) is 0 Å². The van der Waals surface area contributed by atoms with Gasteiger partial charge < -0.3 is 24.8 Å². The van der Waals surface area contributed by atoms with Gasteiger partial charge in [-0.2, -0.15) is 24.3 Å². The summed E-state index contributed by atoms with van der Waals surface area (Å²) < 4.78 is 0. The molecule has 0 unspecified atom stereocenters. The van der Waals surface area contributed by atoms with E-state index in [9.17, 15) is 0 Å². The predicted octanol–water partition coefficient (Wildman–Crippen LogP) is 2.06. The van der Waals surface area contributed by atoms with E-state index in [4.69, 9.17) is 0 Å². The van der Waals surface area contributed by atoms with Crippen molar-refractivity contribution in [2.75, 3.05) is 0 Å². The molecule has 0 aromatic heterocycles. The van der Waals surface area contributed by atoms with Crippen molar-refractivity contribution in [1.82, 2.24) is 0 Å². The van der Waals surface area contributed by atoms with Gasteiger partial charge in [0, 0.05) is 0 Å². The van der Waals surface area contributed by atoms with Crippen molar-refractivity contribution in [3.05, 3.63) is 108 Å². The minimum Gasteiger partial charge on any atom is -1.00 e. The van der Waals surface area contributed by atoms with Crippen LogP contribution in [0.2, 0.25) is 0 Å². The minimum absolute atomic E-state index is 0. The Labute approximate surface area is 219 Å². The molecule has 31 heavy (non-hydrogen) atoms. The summed E-state index contributed by atoms with van der Waals surface area (Å²) in [5.74, 6) is 0. The topological polar surface area (TPSA) is 0 Å². The summed E-state index contributed by atoms with van der Waals surface area (Å²) in [4.78, 5) is 0. The Kier molecular flexibility index (Phi) is 15.5. The third-order valence-electron chi connectivity index (χ3n) is 5.02. The maximum Gasteiger partial charge on any atom is 4.00 e. The zero-order valence-electron chi connectivity index (χ0n) is 18.3. The first-order valence-electron chi connectivity index (χ1n) is 10.4. The van der Waals surface area contributed by atoms with Crippen LogP contribution in [0.1, 0.15) is 37.8 Å². The van der Waals surface area contributed by atoms with Gasteiger partial charge in [-0.3, -0.25) is 0 Å². The Morgan fingerprint density at radius 1 is 0.516 bits per heavy atom. The molecule has 0 nitrogen and oxygen atoms in total. The van der Waals surface area contributed by atoms with Crippen LogP contribution in [0.4, 0.5) is 0 Å². The maximum absolute atomic E-state index is 2.23. The van der Waals surface area contributed by atoms with Gasteiger partial charge in [0.25, 0.3) is 0 Å². The SMILES string of the molecule is CCCc1ccccc1-[c-]1cccc1.CCCc1ccccc1-[c-]1cccc1.[Cl-].[Cl-].[Zr+4]. The van der Waals surface area contributed by atoms with Crippen molar-refractivity contribution in [3.63, 3.8) is 0 Å². The summed E-state index contributed by atoms with van der Waals surface area (Å²) in [7, 11) is 0. The van der Waals surface area contributed by atoms with Crippen LogP contribution in [0.3, 0.4) is 0 Å². The molecule has 0 fully saturated rings. The van der Waals surface area contributed by atoms with Gasteiger partial charge in [0.2, 0.25) is 0 Å². The summed E-state index contributed by atoms with van der Waals surface area (Å²) in [6, 6.07) is 34.4. The molecular weight excluding hydrogens is 498 g/mol. The second-order valence-electron chi connectivity index (χ2n) is 7.16. The van der Waals surface area contributed by atoms with E-state index in [1.807, 2.05) is 0 Å². The molecule has 0 saturated carbocycles. The Hall–Kier alpha value is -1.40. The van der Waals surface area contributed by atoms with Gasteiger partial charge in [0.1, 0.15) is 0 Å². The molecule has 0 saturated heterocycles. The number of halogens is 2. The number of aryl methyl sites for hydroxylation is 2. The van der Waals surface area contributed by atoms with Crippen molar-refractivity contribution in [2.45, 2.75) is 39.5 Å². The third-order valence-corrected chi connectivity index (χ3v) is 5.02. The first-order chi connectivity index (χ1) is 13.8. The van der Waals surface area contributed by atoms with E-state index in [2.05, 4.69) is 111 Å². The van der Waals surface area contributed by atoms with E-state index in [0.717, 1.165) is 0 Å². The van der Waals surface area contributed by atoms with E-state index in [1.54, 1.807) is 0 Å². The molecule has 0 spiro atoms. The third kappa shape index (κ3) is 8.57. The van der Waals surface area contributed by atoms with E-state index in [-0.39, 0.29) is 51.0 Å². The van der Waals surface area contributed by atoms with Crippen molar-refractivity contribution in [3.8, 4) is 22.3 Å². The van der Waals surface area contributed by atoms with Crippen LogP contribution in [0.15, 0.2) is 97.1 Å². The molecule has 4 aromatic rings. The average molecular weight is 529 g/mol. The Bertz CT molecular complexity index is 861. The molecule has 3 heteroatoms. The first kappa shape index (κ1) is 29.6. The molecule has 4 rings (SSSR count). The number of benzene rings is 2. The van der Waals surface area contributed by atoms with E-state index < -0.39 is 0 Å². The number of hydrogen-bond donors (Lipinski definition) is 0. The van der Waals surface area contributed by atoms with E-state index in [0.29, 0.717) is 0 Å². The molecule has 0 radical (unpaired) electrons.